The Morgan fingerprint density at radius 2 is 1.68 bits per heavy atom. The van der Waals surface area contributed by atoms with Gasteiger partial charge in [0.2, 0.25) is 0 Å². The highest BCUT2D eigenvalue weighted by molar-refractivity contribution is 5.70. The lowest BCUT2D eigenvalue weighted by atomic mass is 9.86. The Morgan fingerprint density at radius 1 is 1.04 bits per heavy atom. The molecule has 2 rings (SSSR count). The number of hydrogen-bond donors (Lipinski definition) is 2. The molecule has 0 saturated heterocycles. The van der Waals surface area contributed by atoms with Gasteiger partial charge in [-0.15, -0.1) is 0 Å². The van der Waals surface area contributed by atoms with Gasteiger partial charge < -0.3 is 9.84 Å². The van der Waals surface area contributed by atoms with Crippen LogP contribution in [0.3, 0.4) is 0 Å². The maximum absolute atomic E-state index is 10.7. The zero-order chi connectivity index (χ0) is 20.6. The number of aliphatic carboxylic acids is 1. The van der Waals surface area contributed by atoms with Crippen LogP contribution in [0, 0.1) is 0 Å². The largest absolute Gasteiger partial charge is 0.494 e. The smallest absolute Gasteiger partial charge is 0.307 e. The average Bonchev–Trinajstić information content (AvgIpc) is 2.64. The minimum atomic E-state index is -0.843. The van der Waals surface area contributed by atoms with Gasteiger partial charge in [0, 0.05) is 6.42 Å². The van der Waals surface area contributed by atoms with Crippen LogP contribution >= 0.6 is 0 Å². The molecule has 28 heavy (non-hydrogen) atoms. The zero-order valence-corrected chi connectivity index (χ0v) is 16.8. The molecule has 2 N–H and O–H groups in total. The molecule has 0 aromatic heterocycles. The number of nitrogens with one attached hydrogen (secondary N) is 1. The van der Waals surface area contributed by atoms with Gasteiger partial charge in [0.25, 0.3) is 0 Å². The van der Waals surface area contributed by atoms with Gasteiger partial charge in [0.1, 0.15) is 5.75 Å². The van der Waals surface area contributed by atoms with E-state index in [0.29, 0.717) is 25.4 Å². The lowest BCUT2D eigenvalue weighted by Gasteiger charge is -2.19. The van der Waals surface area contributed by atoms with Gasteiger partial charge in [-0.2, -0.15) is 0 Å². The Bertz CT molecular complexity index is 774. The molecule has 0 unspecified atom stereocenters. The fourth-order valence-electron chi connectivity index (χ4n) is 2.57. The first-order valence-electron chi connectivity index (χ1n) is 9.37. The van der Waals surface area contributed by atoms with E-state index in [1.807, 2.05) is 12.1 Å². The molecule has 150 valence electrons. The predicted molar refractivity (Wildman–Crippen MR) is 111 cm³/mol. The number of hydrogen-bond acceptors (Lipinski definition) is 4. The van der Waals surface area contributed by atoms with E-state index in [1.165, 1.54) is 5.56 Å². The summed E-state index contributed by atoms with van der Waals surface area (Å²) >= 11 is 0. The van der Waals surface area contributed by atoms with Crippen LogP contribution in [0.2, 0.25) is 0 Å². The van der Waals surface area contributed by atoms with E-state index >= 15 is 0 Å². The van der Waals surface area contributed by atoms with Crippen LogP contribution < -0.4 is 10.2 Å². The maximum Gasteiger partial charge on any atom is 0.307 e. The number of hydroxylamine groups is 1. The first kappa shape index (κ1) is 21.5. The standard InChI is InChI=1S/C23H29NO4/c1-17(19-8-10-20(11-9-19)23(2,3)4)24-28-15-5-14-27-21-12-6-18(7-13-21)16-22(25)26/h6-13,24H,1,5,14-16H2,2-4H3,(H,25,26). The van der Waals surface area contributed by atoms with Crippen LogP contribution in [-0.2, 0) is 21.5 Å². The summed E-state index contributed by atoms with van der Waals surface area (Å²) in [4.78, 5) is 16.1. The SMILES string of the molecule is C=C(NOCCCOc1ccc(CC(=O)O)cc1)c1ccc(C(C)(C)C)cc1. The second kappa shape index (κ2) is 9.95. The molecule has 0 aliphatic heterocycles. The molecule has 2 aromatic rings. The van der Waals surface area contributed by atoms with Crippen LogP contribution in [0.1, 0.15) is 43.9 Å². The van der Waals surface area contributed by atoms with Crippen LogP contribution in [0.25, 0.3) is 5.70 Å². The minimum absolute atomic E-state index is 0.0165. The van der Waals surface area contributed by atoms with E-state index in [9.17, 15) is 4.79 Å². The van der Waals surface area contributed by atoms with Crippen molar-refractivity contribution in [3.05, 3.63) is 71.8 Å². The first-order chi connectivity index (χ1) is 13.3. The normalized spacial score (nSPS) is 11.1. The number of carboxylic acids is 1. The highest BCUT2D eigenvalue weighted by Gasteiger charge is 2.13. The third kappa shape index (κ3) is 7.08. The third-order valence-corrected chi connectivity index (χ3v) is 4.23. The van der Waals surface area contributed by atoms with Gasteiger partial charge >= 0.3 is 5.97 Å². The van der Waals surface area contributed by atoms with Crippen molar-refractivity contribution in [2.45, 2.75) is 39.0 Å². The molecule has 0 aliphatic carbocycles. The van der Waals surface area contributed by atoms with E-state index in [4.69, 9.17) is 14.7 Å². The van der Waals surface area contributed by atoms with E-state index in [0.717, 1.165) is 16.8 Å². The Balaban J connectivity index is 1.64. The van der Waals surface area contributed by atoms with E-state index in [2.05, 4.69) is 45.0 Å². The van der Waals surface area contributed by atoms with Gasteiger partial charge in [-0.1, -0.05) is 63.7 Å². The highest BCUT2D eigenvalue weighted by Crippen LogP contribution is 2.23. The fourth-order valence-corrected chi connectivity index (χ4v) is 2.57. The highest BCUT2D eigenvalue weighted by atomic mass is 16.6. The third-order valence-electron chi connectivity index (χ3n) is 4.23. The Labute approximate surface area is 167 Å². The number of benzene rings is 2. The van der Waals surface area contributed by atoms with E-state index in [1.54, 1.807) is 24.3 Å². The van der Waals surface area contributed by atoms with Crippen molar-refractivity contribution in [1.82, 2.24) is 5.48 Å². The van der Waals surface area contributed by atoms with Crippen molar-refractivity contribution in [1.29, 1.82) is 0 Å². The molecule has 0 spiro atoms. The van der Waals surface area contributed by atoms with Crippen molar-refractivity contribution >= 4 is 11.7 Å². The number of carboxylic acid groups (broad SMARTS) is 1. The summed E-state index contributed by atoms with van der Waals surface area (Å²) in [5.74, 6) is -0.129. The summed E-state index contributed by atoms with van der Waals surface area (Å²) in [5.41, 5.74) is 6.74. The second-order valence-corrected chi connectivity index (χ2v) is 7.67. The Kier molecular flexibility index (Phi) is 7.64. The average molecular weight is 383 g/mol. The molecule has 0 atom stereocenters. The summed E-state index contributed by atoms with van der Waals surface area (Å²) in [7, 11) is 0. The number of rotatable bonds is 10. The lowest BCUT2D eigenvalue weighted by Crippen LogP contribution is -2.15. The topological polar surface area (TPSA) is 67.8 Å². The molecular weight excluding hydrogens is 354 g/mol. The molecule has 5 heteroatoms. The van der Waals surface area contributed by atoms with Crippen molar-refractivity contribution in [3.63, 3.8) is 0 Å². The first-order valence-corrected chi connectivity index (χ1v) is 9.37. The molecule has 2 aromatic carbocycles. The van der Waals surface area contributed by atoms with Crippen LogP contribution in [0.4, 0.5) is 0 Å². The minimum Gasteiger partial charge on any atom is -0.494 e. The molecule has 0 radical (unpaired) electrons. The second-order valence-electron chi connectivity index (χ2n) is 7.67. The van der Waals surface area contributed by atoms with Gasteiger partial charge in [-0.3, -0.25) is 15.1 Å². The van der Waals surface area contributed by atoms with Crippen LogP contribution in [-0.4, -0.2) is 24.3 Å². The molecule has 0 aliphatic rings. The Morgan fingerprint density at radius 3 is 2.25 bits per heavy atom. The lowest BCUT2D eigenvalue weighted by molar-refractivity contribution is -0.136. The van der Waals surface area contributed by atoms with Crippen LogP contribution in [0.5, 0.6) is 5.75 Å². The molecule has 0 bridgehead atoms. The molecule has 0 amide bonds. The molecule has 0 heterocycles. The molecular formula is C23H29NO4. The molecule has 5 nitrogen and oxygen atoms in total. The van der Waals surface area contributed by atoms with E-state index in [-0.39, 0.29) is 11.8 Å². The van der Waals surface area contributed by atoms with Gasteiger partial charge in [0.15, 0.2) is 0 Å². The van der Waals surface area contributed by atoms with Crippen molar-refractivity contribution in [2.75, 3.05) is 13.2 Å². The van der Waals surface area contributed by atoms with E-state index < -0.39 is 5.97 Å². The summed E-state index contributed by atoms with van der Waals surface area (Å²) < 4.78 is 5.63. The van der Waals surface area contributed by atoms with Crippen molar-refractivity contribution < 1.29 is 19.5 Å². The molecule has 0 fully saturated rings. The van der Waals surface area contributed by atoms with Crippen molar-refractivity contribution in [2.24, 2.45) is 0 Å². The van der Waals surface area contributed by atoms with Crippen molar-refractivity contribution in [3.8, 4) is 5.75 Å². The van der Waals surface area contributed by atoms with Gasteiger partial charge in [-0.25, -0.2) is 0 Å². The summed E-state index contributed by atoms with van der Waals surface area (Å²) in [6.45, 7) is 11.5. The monoisotopic (exact) mass is 383 g/mol. The Hall–Kier alpha value is -2.79. The van der Waals surface area contributed by atoms with Gasteiger partial charge in [-0.05, 0) is 34.2 Å². The zero-order valence-electron chi connectivity index (χ0n) is 16.8. The van der Waals surface area contributed by atoms with Crippen LogP contribution in [0.15, 0.2) is 55.1 Å². The quantitative estimate of drug-likeness (QED) is 0.465. The van der Waals surface area contributed by atoms with Gasteiger partial charge in [0.05, 0.1) is 25.3 Å². The predicted octanol–water partition coefficient (Wildman–Crippen LogP) is 4.57. The number of carbonyl (C=O) groups is 1. The fraction of sp³-hybridized carbons (Fsp3) is 0.348. The molecule has 0 saturated carbocycles. The summed E-state index contributed by atoms with van der Waals surface area (Å²) in [6.07, 6.45) is 0.725. The summed E-state index contributed by atoms with van der Waals surface area (Å²) in [6, 6.07) is 15.4. The summed E-state index contributed by atoms with van der Waals surface area (Å²) in [5, 5.41) is 8.76. The number of ether oxygens (including phenoxy) is 1. The maximum atomic E-state index is 10.7.